The van der Waals surface area contributed by atoms with E-state index < -0.39 is 5.97 Å². The van der Waals surface area contributed by atoms with Crippen LogP contribution in [-0.2, 0) is 0 Å². The minimum absolute atomic E-state index is 0.0578. The summed E-state index contributed by atoms with van der Waals surface area (Å²) in [5, 5.41) is 11.1. The van der Waals surface area contributed by atoms with Crippen LogP contribution >= 0.6 is 0 Å². The number of carbonyl (C=O) groups is 1. The summed E-state index contributed by atoms with van der Waals surface area (Å²) < 4.78 is 10.3. The molecule has 1 aromatic carbocycles. The van der Waals surface area contributed by atoms with Gasteiger partial charge in [-0.3, -0.25) is 0 Å². The van der Waals surface area contributed by atoms with E-state index in [1.807, 2.05) is 6.92 Å². The quantitative estimate of drug-likeness (QED) is 0.766. The number of rotatable bonds is 3. The zero-order valence-corrected chi connectivity index (χ0v) is 10.1. The van der Waals surface area contributed by atoms with Gasteiger partial charge in [-0.1, -0.05) is 0 Å². The minimum atomic E-state index is -1.25. The third-order valence-electron chi connectivity index (χ3n) is 2.80. The molecule has 0 heterocycles. The molecule has 0 amide bonds. The van der Waals surface area contributed by atoms with Gasteiger partial charge in [0.05, 0.1) is 20.2 Å². The Kier molecular flexibility index (Phi) is 3.42. The highest BCUT2D eigenvalue weighted by Crippen LogP contribution is 2.36. The predicted molar refractivity (Wildman–Crippen MR) is 58.1 cm³/mol. The molecule has 0 atom stereocenters. The number of benzene rings is 1. The van der Waals surface area contributed by atoms with E-state index in [1.54, 1.807) is 13.8 Å². The van der Waals surface area contributed by atoms with E-state index in [4.69, 9.17) is 9.47 Å². The van der Waals surface area contributed by atoms with Gasteiger partial charge in [-0.25, -0.2) is 0 Å². The van der Waals surface area contributed by atoms with E-state index in [-0.39, 0.29) is 5.56 Å². The van der Waals surface area contributed by atoms with Gasteiger partial charge in [-0.2, -0.15) is 0 Å². The summed E-state index contributed by atoms with van der Waals surface area (Å²) in [7, 11) is 2.96. The monoisotopic (exact) mass is 223 g/mol. The van der Waals surface area contributed by atoms with Crippen molar-refractivity contribution in [2.24, 2.45) is 0 Å². The van der Waals surface area contributed by atoms with Crippen molar-refractivity contribution in [1.82, 2.24) is 0 Å². The Labute approximate surface area is 94.8 Å². The lowest BCUT2D eigenvalue weighted by molar-refractivity contribution is -0.255. The van der Waals surface area contributed by atoms with Gasteiger partial charge in [-0.15, -0.1) is 0 Å². The number of methoxy groups -OCH3 is 2. The van der Waals surface area contributed by atoms with Crippen molar-refractivity contribution in [2.45, 2.75) is 20.8 Å². The van der Waals surface area contributed by atoms with Gasteiger partial charge in [0.2, 0.25) is 0 Å². The highest BCUT2D eigenvalue weighted by atomic mass is 16.5. The van der Waals surface area contributed by atoms with E-state index in [0.717, 1.165) is 11.1 Å². The van der Waals surface area contributed by atoms with Crippen LogP contribution in [-0.4, -0.2) is 20.2 Å². The first kappa shape index (κ1) is 12.4. The van der Waals surface area contributed by atoms with Crippen LogP contribution in [0.15, 0.2) is 0 Å². The standard InChI is InChI=1S/C12H16O4/c1-6-7(2)11(16-5)9(12(13)14)8(3)10(6)15-4/h1-5H3,(H,13,14)/p-1. The van der Waals surface area contributed by atoms with Crippen molar-refractivity contribution < 1.29 is 19.4 Å². The number of ether oxygens (including phenoxy) is 2. The third-order valence-corrected chi connectivity index (χ3v) is 2.80. The maximum atomic E-state index is 11.1. The smallest absolute Gasteiger partial charge is 0.131 e. The SMILES string of the molecule is COc1c(C)c(C)c(OC)c(C(=O)[O-])c1C. The van der Waals surface area contributed by atoms with Crippen LogP contribution in [0.1, 0.15) is 27.0 Å². The van der Waals surface area contributed by atoms with E-state index in [1.165, 1.54) is 14.2 Å². The first-order valence-electron chi connectivity index (χ1n) is 4.88. The van der Waals surface area contributed by atoms with Crippen LogP contribution in [0.25, 0.3) is 0 Å². The molecule has 16 heavy (non-hydrogen) atoms. The summed E-state index contributed by atoms with van der Waals surface area (Å²) in [6.07, 6.45) is 0. The van der Waals surface area contributed by atoms with E-state index in [0.29, 0.717) is 17.1 Å². The van der Waals surface area contributed by atoms with Gasteiger partial charge >= 0.3 is 0 Å². The molecule has 1 rings (SSSR count). The Hall–Kier alpha value is -1.71. The minimum Gasteiger partial charge on any atom is -0.545 e. The molecule has 0 fully saturated rings. The number of carbonyl (C=O) groups excluding carboxylic acids is 1. The fourth-order valence-corrected chi connectivity index (χ4v) is 1.90. The van der Waals surface area contributed by atoms with Gasteiger partial charge < -0.3 is 19.4 Å². The molecule has 0 aromatic heterocycles. The molecule has 0 unspecified atom stereocenters. The van der Waals surface area contributed by atoms with E-state index >= 15 is 0 Å². The lowest BCUT2D eigenvalue weighted by Gasteiger charge is -2.20. The molecule has 0 radical (unpaired) electrons. The Morgan fingerprint density at radius 1 is 0.938 bits per heavy atom. The third kappa shape index (κ3) is 1.71. The molecule has 0 aliphatic heterocycles. The molecule has 1 aromatic rings. The number of carboxylic acids is 1. The second-order valence-corrected chi connectivity index (χ2v) is 3.60. The van der Waals surface area contributed by atoms with Crippen LogP contribution < -0.4 is 14.6 Å². The molecular formula is C12H15O4-. The fraction of sp³-hybridized carbons (Fsp3) is 0.417. The summed E-state index contributed by atoms with van der Waals surface area (Å²) >= 11 is 0. The summed E-state index contributed by atoms with van der Waals surface area (Å²) in [4.78, 5) is 11.1. The molecule has 0 saturated carbocycles. The molecule has 0 N–H and O–H groups in total. The molecule has 4 nitrogen and oxygen atoms in total. The van der Waals surface area contributed by atoms with Crippen molar-refractivity contribution in [2.75, 3.05) is 14.2 Å². The summed E-state index contributed by atoms with van der Waals surface area (Å²) in [5.74, 6) is -0.343. The van der Waals surface area contributed by atoms with E-state index in [2.05, 4.69) is 0 Å². The maximum Gasteiger partial charge on any atom is 0.131 e. The summed E-state index contributed by atoms with van der Waals surface area (Å²) in [5.41, 5.74) is 2.22. The highest BCUT2D eigenvalue weighted by molar-refractivity contribution is 5.93. The first-order chi connectivity index (χ1) is 7.45. The Morgan fingerprint density at radius 3 is 1.75 bits per heavy atom. The van der Waals surface area contributed by atoms with Crippen LogP contribution in [0.3, 0.4) is 0 Å². The summed E-state index contributed by atoms with van der Waals surface area (Å²) in [6.45, 7) is 5.34. The van der Waals surface area contributed by atoms with Crippen LogP contribution in [0.5, 0.6) is 11.5 Å². The average molecular weight is 223 g/mol. The first-order valence-corrected chi connectivity index (χ1v) is 4.88. The fourth-order valence-electron chi connectivity index (χ4n) is 1.90. The number of carboxylic acid groups (broad SMARTS) is 1. The van der Waals surface area contributed by atoms with Gasteiger partial charge in [0.25, 0.3) is 0 Å². The largest absolute Gasteiger partial charge is 0.545 e. The topological polar surface area (TPSA) is 58.6 Å². The van der Waals surface area contributed by atoms with Gasteiger partial charge in [0.15, 0.2) is 0 Å². The van der Waals surface area contributed by atoms with Crippen LogP contribution in [0.4, 0.5) is 0 Å². The Morgan fingerprint density at radius 2 is 1.38 bits per heavy atom. The second-order valence-electron chi connectivity index (χ2n) is 3.60. The molecule has 0 saturated heterocycles. The van der Waals surface area contributed by atoms with Crippen molar-refractivity contribution in [1.29, 1.82) is 0 Å². The summed E-state index contributed by atoms with van der Waals surface area (Å²) in [6, 6.07) is 0. The Balaban J connectivity index is 3.71. The van der Waals surface area contributed by atoms with Crippen molar-refractivity contribution in [3.63, 3.8) is 0 Å². The lowest BCUT2D eigenvalue weighted by atomic mass is 9.97. The maximum absolute atomic E-state index is 11.1. The van der Waals surface area contributed by atoms with Crippen molar-refractivity contribution in [3.05, 3.63) is 22.3 Å². The Bertz CT molecular complexity index is 435. The zero-order valence-electron chi connectivity index (χ0n) is 10.1. The predicted octanol–water partition coefficient (Wildman–Crippen LogP) is 0.993. The van der Waals surface area contributed by atoms with E-state index in [9.17, 15) is 9.90 Å². The van der Waals surface area contributed by atoms with Crippen molar-refractivity contribution >= 4 is 5.97 Å². The molecule has 4 heteroatoms. The molecular weight excluding hydrogens is 208 g/mol. The lowest BCUT2D eigenvalue weighted by Crippen LogP contribution is -2.25. The normalized spacial score (nSPS) is 10.1. The second kappa shape index (κ2) is 4.43. The van der Waals surface area contributed by atoms with Gasteiger partial charge in [0.1, 0.15) is 11.5 Å². The number of aromatic carboxylic acids is 1. The molecule has 88 valence electrons. The van der Waals surface area contributed by atoms with Crippen molar-refractivity contribution in [3.8, 4) is 11.5 Å². The molecule has 0 aliphatic carbocycles. The molecule has 0 bridgehead atoms. The average Bonchev–Trinajstić information content (AvgIpc) is 2.23. The molecule has 0 aliphatic rings. The zero-order chi connectivity index (χ0) is 12.5. The van der Waals surface area contributed by atoms with Crippen LogP contribution in [0.2, 0.25) is 0 Å². The van der Waals surface area contributed by atoms with Crippen LogP contribution in [0, 0.1) is 20.8 Å². The number of hydrogen-bond acceptors (Lipinski definition) is 4. The van der Waals surface area contributed by atoms with Gasteiger partial charge in [-0.05, 0) is 31.9 Å². The molecule has 0 spiro atoms. The number of hydrogen-bond donors (Lipinski definition) is 0. The van der Waals surface area contributed by atoms with Gasteiger partial charge in [0, 0.05) is 11.1 Å². The highest BCUT2D eigenvalue weighted by Gasteiger charge is 2.18.